The summed E-state index contributed by atoms with van der Waals surface area (Å²) in [7, 11) is 0. The monoisotopic (exact) mass is 705 g/mol. The summed E-state index contributed by atoms with van der Waals surface area (Å²) >= 11 is 0. The van der Waals surface area contributed by atoms with Gasteiger partial charge in [0.15, 0.2) is 0 Å². The first-order valence-corrected chi connectivity index (χ1v) is 18.6. The molecule has 10 rings (SSSR count). The molecule has 0 bridgehead atoms. The molecule has 9 aromatic rings. The summed E-state index contributed by atoms with van der Waals surface area (Å²) in [5.74, 6) is 2.58. The number of aromatic nitrogens is 3. The highest BCUT2D eigenvalue weighted by Crippen LogP contribution is 2.39. The van der Waals surface area contributed by atoms with Gasteiger partial charge in [0.1, 0.15) is 37.1 Å². The maximum atomic E-state index is 6.34. The zero-order chi connectivity index (χ0) is 35.8. The molecule has 3 aromatic heterocycles. The first-order chi connectivity index (χ1) is 26.7. The van der Waals surface area contributed by atoms with Crippen LogP contribution in [0.25, 0.3) is 32.7 Å². The van der Waals surface area contributed by atoms with Crippen molar-refractivity contribution in [1.29, 1.82) is 0 Å². The average molecular weight is 706 g/mol. The molecule has 0 fully saturated rings. The second-order valence-electron chi connectivity index (χ2n) is 14.2. The molecule has 3 N–H and O–H groups in total. The summed E-state index contributed by atoms with van der Waals surface area (Å²) in [4.78, 5) is 11.5. The second-order valence-corrected chi connectivity index (χ2v) is 14.2. The zero-order valence-corrected chi connectivity index (χ0v) is 29.8. The number of rotatable bonds is 9. The second kappa shape index (κ2) is 13.7. The van der Waals surface area contributed by atoms with Crippen molar-refractivity contribution in [3.63, 3.8) is 0 Å². The highest BCUT2D eigenvalue weighted by molar-refractivity contribution is 5.91. The molecule has 0 atom stereocenters. The molecule has 264 valence electrons. The molecule has 6 heteroatoms. The minimum atomic E-state index is 0.521. The fraction of sp³-hybridized carbons (Fsp3) is 0.125. The van der Waals surface area contributed by atoms with E-state index >= 15 is 0 Å². The Morgan fingerprint density at radius 3 is 0.944 bits per heavy atom. The predicted molar refractivity (Wildman–Crippen MR) is 216 cm³/mol. The van der Waals surface area contributed by atoms with E-state index in [1.165, 1.54) is 49.9 Å². The van der Waals surface area contributed by atoms with Gasteiger partial charge < -0.3 is 29.2 Å². The molecule has 0 radical (unpaired) electrons. The molecule has 54 heavy (non-hydrogen) atoms. The molecular formula is C48H39N3O3. The number of aromatic amines is 3. The predicted octanol–water partition coefficient (Wildman–Crippen LogP) is 11.0. The van der Waals surface area contributed by atoms with E-state index in [1.807, 2.05) is 54.6 Å². The van der Waals surface area contributed by atoms with E-state index in [0.29, 0.717) is 19.8 Å². The first kappa shape index (κ1) is 32.0. The van der Waals surface area contributed by atoms with Crippen LogP contribution in [-0.2, 0) is 39.1 Å². The number of H-pyrrole nitrogens is 3. The highest BCUT2D eigenvalue weighted by atomic mass is 16.5. The van der Waals surface area contributed by atoms with Gasteiger partial charge in [0, 0.05) is 69.1 Å². The third-order valence-electron chi connectivity index (χ3n) is 10.7. The van der Waals surface area contributed by atoms with Gasteiger partial charge in [0.2, 0.25) is 0 Å². The summed E-state index contributed by atoms with van der Waals surface area (Å²) in [6.07, 6.45) is 2.28. The lowest BCUT2D eigenvalue weighted by atomic mass is 10.0. The number of benzene rings is 6. The topological polar surface area (TPSA) is 75.1 Å². The van der Waals surface area contributed by atoms with Crippen LogP contribution in [0.3, 0.4) is 0 Å². The number of nitrogens with one attached hydrogen (secondary N) is 3. The molecular weight excluding hydrogens is 667 g/mol. The molecule has 1 aliphatic rings. The minimum Gasteiger partial charge on any atom is -0.489 e. The molecule has 0 saturated carbocycles. The van der Waals surface area contributed by atoms with Crippen LogP contribution >= 0.6 is 0 Å². The maximum absolute atomic E-state index is 6.34. The number of fused-ring (bicyclic) bond motifs is 9. The Labute approximate surface area is 313 Å². The summed E-state index contributed by atoms with van der Waals surface area (Å²) in [6, 6.07) is 50.3. The van der Waals surface area contributed by atoms with Crippen molar-refractivity contribution in [2.45, 2.75) is 39.1 Å². The summed E-state index contributed by atoms with van der Waals surface area (Å²) < 4.78 is 19.0. The van der Waals surface area contributed by atoms with E-state index in [9.17, 15) is 0 Å². The number of hydrogen-bond donors (Lipinski definition) is 3. The third kappa shape index (κ3) is 6.26. The number of ether oxygens (including phenoxy) is 3. The maximum Gasteiger partial charge on any atom is 0.120 e. The van der Waals surface area contributed by atoms with Gasteiger partial charge in [-0.25, -0.2) is 0 Å². The standard InChI is InChI=1S/C48H39N3O3/c1-4-10-31(11-5-1)28-52-34-16-19-43-37(22-34)40-25-47-42(39-24-36(17-20-44(39)50-47)54-30-33-14-8-3-9-15-33)27-48-41(26-46(40)49-43)38-23-35(18-21-45(38)51-48)53-29-32-12-6-2-7-13-32/h1-24,49-51H,25-30H2. The Balaban J connectivity index is 1.07. The summed E-state index contributed by atoms with van der Waals surface area (Å²) in [5.41, 5.74) is 14.2. The van der Waals surface area contributed by atoms with Gasteiger partial charge in [0.05, 0.1) is 0 Å². The number of hydrogen-bond acceptors (Lipinski definition) is 3. The Kier molecular flexibility index (Phi) is 8.13. The van der Waals surface area contributed by atoms with E-state index in [2.05, 4.69) is 106 Å². The Hall–Kier alpha value is -6.66. The first-order valence-electron chi connectivity index (χ1n) is 18.6. The molecule has 0 amide bonds. The van der Waals surface area contributed by atoms with Crippen molar-refractivity contribution in [3.05, 3.63) is 196 Å². The fourth-order valence-corrected chi connectivity index (χ4v) is 7.93. The van der Waals surface area contributed by atoms with Crippen LogP contribution in [-0.4, -0.2) is 15.0 Å². The summed E-state index contributed by atoms with van der Waals surface area (Å²) in [6.45, 7) is 1.56. The molecule has 0 spiro atoms. The van der Waals surface area contributed by atoms with Gasteiger partial charge in [-0.05, 0) is 88.0 Å². The smallest absolute Gasteiger partial charge is 0.120 e. The molecule has 0 unspecified atom stereocenters. The molecule has 6 nitrogen and oxygen atoms in total. The Morgan fingerprint density at radius 2 is 0.648 bits per heavy atom. The third-order valence-corrected chi connectivity index (χ3v) is 10.7. The van der Waals surface area contributed by atoms with Crippen LogP contribution < -0.4 is 14.2 Å². The quantitative estimate of drug-likeness (QED) is 0.140. The van der Waals surface area contributed by atoms with Crippen molar-refractivity contribution < 1.29 is 14.2 Å². The van der Waals surface area contributed by atoms with E-state index in [1.54, 1.807) is 0 Å². The van der Waals surface area contributed by atoms with Crippen LogP contribution in [0.15, 0.2) is 146 Å². The highest BCUT2D eigenvalue weighted by Gasteiger charge is 2.25. The van der Waals surface area contributed by atoms with Crippen molar-refractivity contribution in [3.8, 4) is 17.2 Å². The summed E-state index contributed by atoms with van der Waals surface area (Å²) in [5, 5.41) is 3.55. The fourth-order valence-electron chi connectivity index (χ4n) is 7.93. The van der Waals surface area contributed by atoms with Crippen LogP contribution in [0.1, 0.15) is 50.5 Å². The van der Waals surface area contributed by atoms with Gasteiger partial charge >= 0.3 is 0 Å². The van der Waals surface area contributed by atoms with Crippen LogP contribution in [0.4, 0.5) is 0 Å². The normalized spacial score (nSPS) is 12.4. The van der Waals surface area contributed by atoms with Gasteiger partial charge in [0.25, 0.3) is 0 Å². The molecule has 6 aromatic carbocycles. The van der Waals surface area contributed by atoms with E-state index in [4.69, 9.17) is 14.2 Å². The van der Waals surface area contributed by atoms with Gasteiger partial charge in [-0.3, -0.25) is 0 Å². The average Bonchev–Trinajstić information content (AvgIpc) is 3.87. The lowest BCUT2D eigenvalue weighted by molar-refractivity contribution is 0.306. The largest absolute Gasteiger partial charge is 0.489 e. The lowest BCUT2D eigenvalue weighted by Gasteiger charge is -2.08. The van der Waals surface area contributed by atoms with Crippen LogP contribution in [0.2, 0.25) is 0 Å². The Morgan fingerprint density at radius 1 is 0.352 bits per heavy atom. The van der Waals surface area contributed by atoms with Gasteiger partial charge in [-0.15, -0.1) is 0 Å². The van der Waals surface area contributed by atoms with E-state index < -0.39 is 0 Å². The van der Waals surface area contributed by atoms with Gasteiger partial charge in [-0.2, -0.15) is 0 Å². The van der Waals surface area contributed by atoms with Crippen molar-refractivity contribution in [2.24, 2.45) is 0 Å². The van der Waals surface area contributed by atoms with Crippen molar-refractivity contribution in [1.82, 2.24) is 15.0 Å². The molecule has 0 aliphatic heterocycles. The van der Waals surface area contributed by atoms with Crippen LogP contribution in [0.5, 0.6) is 17.2 Å². The van der Waals surface area contributed by atoms with Crippen molar-refractivity contribution >= 4 is 32.7 Å². The Bertz CT molecular complexity index is 2440. The van der Waals surface area contributed by atoms with Crippen molar-refractivity contribution in [2.75, 3.05) is 0 Å². The molecule has 0 saturated heterocycles. The van der Waals surface area contributed by atoms with Crippen LogP contribution in [0, 0.1) is 0 Å². The lowest BCUT2D eigenvalue weighted by Crippen LogP contribution is -1.97. The van der Waals surface area contributed by atoms with E-state index in [-0.39, 0.29) is 0 Å². The minimum absolute atomic E-state index is 0.521. The SMILES string of the molecule is c1ccc(COc2ccc3[nH]c4c(c3c2)Cc2[nH]c3ccc(OCc5ccccc5)cc3c2Cc2[nH]c3ccc(OCc5ccccc5)cc3c2C4)cc1. The van der Waals surface area contributed by atoms with E-state index in [0.717, 1.165) is 69.8 Å². The van der Waals surface area contributed by atoms with Gasteiger partial charge in [-0.1, -0.05) is 91.0 Å². The zero-order valence-electron chi connectivity index (χ0n) is 29.8. The molecule has 1 aliphatic carbocycles. The molecule has 3 heterocycles.